The number of thiophene rings is 1. The van der Waals surface area contributed by atoms with Crippen molar-refractivity contribution >= 4 is 16.9 Å². The van der Waals surface area contributed by atoms with E-state index in [0.717, 1.165) is 19.0 Å². The Hall–Kier alpha value is -0.600. The SMILES string of the molecule is CC(=CCCNC1CC1)c1sccc1C. The van der Waals surface area contributed by atoms with Crippen LogP contribution in [0.4, 0.5) is 0 Å². The van der Waals surface area contributed by atoms with E-state index in [-0.39, 0.29) is 0 Å². The first-order valence-corrected chi connectivity index (χ1v) is 6.60. The summed E-state index contributed by atoms with van der Waals surface area (Å²) in [6, 6.07) is 3.03. The molecular formula is C13H19NS. The Kier molecular flexibility index (Phi) is 3.60. The first kappa shape index (κ1) is 10.9. The topological polar surface area (TPSA) is 12.0 Å². The Labute approximate surface area is 96.2 Å². The molecule has 82 valence electrons. The van der Waals surface area contributed by atoms with Crippen LogP contribution in [0, 0.1) is 6.92 Å². The van der Waals surface area contributed by atoms with Gasteiger partial charge in [0.1, 0.15) is 0 Å². The normalized spacial score (nSPS) is 17.1. The third-order valence-electron chi connectivity index (χ3n) is 2.83. The van der Waals surface area contributed by atoms with Gasteiger partial charge in [-0.2, -0.15) is 0 Å². The summed E-state index contributed by atoms with van der Waals surface area (Å²) >= 11 is 1.85. The lowest BCUT2D eigenvalue weighted by atomic mass is 10.1. The second-order valence-corrected chi connectivity index (χ2v) is 5.25. The van der Waals surface area contributed by atoms with Gasteiger partial charge >= 0.3 is 0 Å². The van der Waals surface area contributed by atoms with Gasteiger partial charge in [0.2, 0.25) is 0 Å². The highest BCUT2D eigenvalue weighted by atomic mass is 32.1. The van der Waals surface area contributed by atoms with E-state index < -0.39 is 0 Å². The Morgan fingerprint density at radius 2 is 2.40 bits per heavy atom. The quantitative estimate of drug-likeness (QED) is 0.749. The second-order valence-electron chi connectivity index (χ2n) is 4.34. The summed E-state index contributed by atoms with van der Waals surface area (Å²) in [7, 11) is 0. The van der Waals surface area contributed by atoms with Crippen LogP contribution < -0.4 is 5.32 Å². The zero-order valence-corrected chi connectivity index (χ0v) is 10.4. The molecule has 0 atom stereocenters. The van der Waals surface area contributed by atoms with Crippen LogP contribution in [0.5, 0.6) is 0 Å². The molecule has 2 heteroatoms. The van der Waals surface area contributed by atoms with Gasteiger partial charge in [0.05, 0.1) is 0 Å². The Morgan fingerprint density at radius 3 is 3.00 bits per heavy atom. The highest BCUT2D eigenvalue weighted by Crippen LogP contribution is 2.24. The Bertz CT molecular complexity index is 347. The van der Waals surface area contributed by atoms with Crippen LogP contribution in [0.1, 0.15) is 36.6 Å². The molecule has 1 saturated carbocycles. The van der Waals surface area contributed by atoms with Crippen LogP contribution >= 0.6 is 11.3 Å². The molecule has 0 aliphatic heterocycles. The van der Waals surface area contributed by atoms with Crippen molar-refractivity contribution in [3.8, 4) is 0 Å². The van der Waals surface area contributed by atoms with E-state index in [1.807, 2.05) is 11.3 Å². The third kappa shape index (κ3) is 3.18. The summed E-state index contributed by atoms with van der Waals surface area (Å²) in [5.74, 6) is 0. The van der Waals surface area contributed by atoms with Crippen molar-refractivity contribution in [1.82, 2.24) is 5.32 Å². The fourth-order valence-electron chi connectivity index (χ4n) is 1.73. The van der Waals surface area contributed by atoms with Crippen LogP contribution in [0.15, 0.2) is 17.5 Å². The summed E-state index contributed by atoms with van der Waals surface area (Å²) in [4.78, 5) is 1.45. The lowest BCUT2D eigenvalue weighted by Crippen LogP contribution is -2.16. The zero-order chi connectivity index (χ0) is 10.7. The van der Waals surface area contributed by atoms with Crippen LogP contribution in [0.3, 0.4) is 0 Å². The zero-order valence-electron chi connectivity index (χ0n) is 9.55. The van der Waals surface area contributed by atoms with Gasteiger partial charge in [-0.3, -0.25) is 0 Å². The van der Waals surface area contributed by atoms with Gasteiger partial charge in [0.25, 0.3) is 0 Å². The average molecular weight is 221 g/mol. The number of nitrogens with one attached hydrogen (secondary N) is 1. The minimum absolute atomic E-state index is 0.835. The largest absolute Gasteiger partial charge is 0.314 e. The van der Waals surface area contributed by atoms with Crippen molar-refractivity contribution in [3.05, 3.63) is 28.0 Å². The molecule has 1 aromatic rings. The fraction of sp³-hybridized carbons (Fsp3) is 0.538. The van der Waals surface area contributed by atoms with Crippen LogP contribution in [-0.2, 0) is 0 Å². The first-order valence-electron chi connectivity index (χ1n) is 5.72. The highest BCUT2D eigenvalue weighted by molar-refractivity contribution is 7.11. The van der Waals surface area contributed by atoms with E-state index in [1.165, 1.54) is 28.9 Å². The molecule has 0 unspecified atom stereocenters. The number of hydrogen-bond acceptors (Lipinski definition) is 2. The minimum atomic E-state index is 0.835. The molecule has 2 rings (SSSR count). The fourth-order valence-corrected chi connectivity index (χ4v) is 2.66. The summed E-state index contributed by atoms with van der Waals surface area (Å²) in [5.41, 5.74) is 2.84. The first-order chi connectivity index (χ1) is 7.27. The molecule has 1 aliphatic rings. The van der Waals surface area contributed by atoms with Gasteiger partial charge < -0.3 is 5.32 Å². The molecule has 1 aromatic heterocycles. The van der Waals surface area contributed by atoms with Crippen LogP contribution in [0.2, 0.25) is 0 Å². The van der Waals surface area contributed by atoms with Gasteiger partial charge in [-0.25, -0.2) is 0 Å². The molecular weight excluding hydrogens is 202 g/mol. The molecule has 0 amide bonds. The van der Waals surface area contributed by atoms with E-state index in [2.05, 4.69) is 36.7 Å². The van der Waals surface area contributed by atoms with Crippen LogP contribution in [0.25, 0.3) is 5.57 Å². The van der Waals surface area contributed by atoms with Crippen molar-refractivity contribution in [2.75, 3.05) is 6.54 Å². The Balaban J connectivity index is 1.81. The molecule has 0 radical (unpaired) electrons. The average Bonchev–Trinajstić information content (AvgIpc) is 2.94. The van der Waals surface area contributed by atoms with Crippen LogP contribution in [-0.4, -0.2) is 12.6 Å². The van der Waals surface area contributed by atoms with Crippen molar-refractivity contribution in [3.63, 3.8) is 0 Å². The molecule has 1 N–H and O–H groups in total. The van der Waals surface area contributed by atoms with Gasteiger partial charge in [-0.1, -0.05) is 6.08 Å². The maximum absolute atomic E-state index is 3.53. The van der Waals surface area contributed by atoms with Crippen molar-refractivity contribution in [2.45, 2.75) is 39.2 Å². The van der Waals surface area contributed by atoms with Crippen molar-refractivity contribution in [1.29, 1.82) is 0 Å². The Morgan fingerprint density at radius 1 is 1.60 bits per heavy atom. The molecule has 1 fully saturated rings. The van der Waals surface area contributed by atoms with Gasteiger partial charge in [-0.05, 0) is 62.2 Å². The lowest BCUT2D eigenvalue weighted by molar-refractivity contribution is 0.690. The number of hydrogen-bond donors (Lipinski definition) is 1. The van der Waals surface area contributed by atoms with Gasteiger partial charge in [0.15, 0.2) is 0 Å². The summed E-state index contributed by atoms with van der Waals surface area (Å²) in [6.07, 6.45) is 6.27. The predicted octanol–water partition coefficient (Wildman–Crippen LogP) is 3.60. The third-order valence-corrected chi connectivity index (χ3v) is 3.98. The van der Waals surface area contributed by atoms with E-state index in [1.54, 1.807) is 0 Å². The molecule has 1 aliphatic carbocycles. The number of aryl methyl sites for hydroxylation is 1. The van der Waals surface area contributed by atoms with Crippen molar-refractivity contribution in [2.24, 2.45) is 0 Å². The summed E-state index contributed by atoms with van der Waals surface area (Å²) in [6.45, 7) is 5.54. The minimum Gasteiger partial charge on any atom is -0.314 e. The van der Waals surface area contributed by atoms with E-state index in [4.69, 9.17) is 0 Å². The van der Waals surface area contributed by atoms with E-state index in [0.29, 0.717) is 0 Å². The van der Waals surface area contributed by atoms with Gasteiger partial charge in [-0.15, -0.1) is 11.3 Å². The number of allylic oxidation sites excluding steroid dienone is 1. The maximum Gasteiger partial charge on any atom is 0.0325 e. The van der Waals surface area contributed by atoms with E-state index >= 15 is 0 Å². The predicted molar refractivity (Wildman–Crippen MR) is 68.3 cm³/mol. The molecule has 0 saturated heterocycles. The summed E-state index contributed by atoms with van der Waals surface area (Å²) < 4.78 is 0. The second kappa shape index (κ2) is 4.95. The smallest absolute Gasteiger partial charge is 0.0325 e. The monoisotopic (exact) mass is 221 g/mol. The summed E-state index contributed by atoms with van der Waals surface area (Å²) in [5, 5.41) is 5.70. The van der Waals surface area contributed by atoms with E-state index in [9.17, 15) is 0 Å². The number of rotatable bonds is 5. The standard InChI is InChI=1S/C13H19NS/c1-10(13-11(2)7-9-15-13)4-3-8-14-12-5-6-12/h4,7,9,12,14H,3,5-6,8H2,1-2H3. The van der Waals surface area contributed by atoms with Gasteiger partial charge in [0, 0.05) is 10.9 Å². The lowest BCUT2D eigenvalue weighted by Gasteiger charge is -2.01. The molecule has 15 heavy (non-hydrogen) atoms. The molecule has 0 aromatic carbocycles. The highest BCUT2D eigenvalue weighted by Gasteiger charge is 2.19. The maximum atomic E-state index is 3.53. The molecule has 0 bridgehead atoms. The molecule has 0 spiro atoms. The molecule has 1 heterocycles. The van der Waals surface area contributed by atoms with Crippen molar-refractivity contribution < 1.29 is 0 Å². The molecule has 1 nitrogen and oxygen atoms in total.